The van der Waals surface area contributed by atoms with Crippen LogP contribution in [0.2, 0.25) is 0 Å². The molecule has 0 bridgehead atoms. The molecule has 1 amide bonds. The van der Waals surface area contributed by atoms with Crippen LogP contribution in [0.5, 0.6) is 0 Å². The molecule has 0 spiro atoms. The van der Waals surface area contributed by atoms with Gasteiger partial charge in [0, 0.05) is 24.7 Å². The molecule has 0 aliphatic rings. The summed E-state index contributed by atoms with van der Waals surface area (Å²) in [6, 6.07) is 1.98. The minimum absolute atomic E-state index is 0.0149. The summed E-state index contributed by atoms with van der Waals surface area (Å²) in [6.45, 7) is 4.03. The molecule has 0 fully saturated rings. The van der Waals surface area contributed by atoms with Gasteiger partial charge >= 0.3 is 11.9 Å². The van der Waals surface area contributed by atoms with Crippen molar-refractivity contribution < 1.29 is 24.6 Å². The molecule has 3 aromatic rings. The molecule has 0 saturated heterocycles. The molecular formula is C22H26N8O5. The lowest BCUT2D eigenvalue weighted by atomic mass is 10.0. The van der Waals surface area contributed by atoms with Crippen LogP contribution in [-0.4, -0.2) is 61.1 Å². The van der Waals surface area contributed by atoms with E-state index in [0.29, 0.717) is 23.4 Å². The predicted octanol–water partition coefficient (Wildman–Crippen LogP) is 0.885. The van der Waals surface area contributed by atoms with Crippen molar-refractivity contribution in [1.29, 1.82) is 0 Å². The minimum Gasteiger partial charge on any atom is -0.481 e. The molecule has 35 heavy (non-hydrogen) atoms. The van der Waals surface area contributed by atoms with Crippen LogP contribution in [0, 0.1) is 13.8 Å². The van der Waals surface area contributed by atoms with E-state index in [1.54, 1.807) is 18.3 Å². The van der Waals surface area contributed by atoms with Crippen LogP contribution in [0.3, 0.4) is 0 Å². The van der Waals surface area contributed by atoms with Crippen LogP contribution in [-0.2, 0) is 16.1 Å². The van der Waals surface area contributed by atoms with Gasteiger partial charge in [-0.1, -0.05) is 0 Å². The summed E-state index contributed by atoms with van der Waals surface area (Å²) in [6.07, 6.45) is 0.979. The highest BCUT2D eigenvalue weighted by molar-refractivity contribution is 5.97. The zero-order chi connectivity index (χ0) is 25.9. The molecule has 3 rings (SSSR count). The number of carbonyl (C=O) groups excluding carboxylic acids is 1. The van der Waals surface area contributed by atoms with Gasteiger partial charge in [0.2, 0.25) is 5.95 Å². The first-order chi connectivity index (χ1) is 16.5. The molecule has 7 N–H and O–H groups in total. The Morgan fingerprint density at radius 2 is 1.74 bits per heavy atom. The maximum Gasteiger partial charge on any atom is 0.326 e. The van der Waals surface area contributed by atoms with E-state index in [4.69, 9.17) is 16.6 Å². The van der Waals surface area contributed by atoms with E-state index in [9.17, 15) is 19.5 Å². The molecule has 0 saturated carbocycles. The summed E-state index contributed by atoms with van der Waals surface area (Å²) >= 11 is 0. The third-order valence-corrected chi connectivity index (χ3v) is 5.29. The number of benzene rings is 1. The lowest BCUT2D eigenvalue weighted by Gasteiger charge is -2.24. The van der Waals surface area contributed by atoms with Crippen LogP contribution in [0.15, 0.2) is 18.3 Å². The second-order valence-corrected chi connectivity index (χ2v) is 8.11. The second kappa shape index (κ2) is 10.2. The van der Waals surface area contributed by atoms with Crippen molar-refractivity contribution in [2.45, 2.75) is 39.3 Å². The topological polar surface area (TPSA) is 211 Å². The number of rotatable bonds is 9. The Kier molecular flexibility index (Phi) is 7.28. The van der Waals surface area contributed by atoms with E-state index >= 15 is 0 Å². The summed E-state index contributed by atoms with van der Waals surface area (Å²) in [5.41, 5.74) is 15.4. The quantitative estimate of drug-likeness (QED) is 0.288. The van der Waals surface area contributed by atoms with Gasteiger partial charge < -0.3 is 31.9 Å². The van der Waals surface area contributed by atoms with Gasteiger partial charge in [0.1, 0.15) is 6.04 Å². The Hall–Kier alpha value is -4.55. The first-order valence-electron chi connectivity index (χ1n) is 10.6. The summed E-state index contributed by atoms with van der Waals surface area (Å²) in [7, 11) is 1.86. The number of amides is 1. The van der Waals surface area contributed by atoms with Gasteiger partial charge in [-0.25, -0.2) is 14.8 Å². The Morgan fingerprint density at radius 1 is 1.09 bits per heavy atom. The molecule has 184 valence electrons. The van der Waals surface area contributed by atoms with Gasteiger partial charge in [-0.15, -0.1) is 0 Å². The number of hydrogen-bond acceptors (Lipinski definition) is 10. The van der Waals surface area contributed by atoms with E-state index < -0.39 is 23.9 Å². The zero-order valence-corrected chi connectivity index (χ0v) is 19.4. The minimum atomic E-state index is -1.31. The number of nitrogens with zero attached hydrogens (tertiary/aromatic N) is 5. The zero-order valence-electron chi connectivity index (χ0n) is 19.4. The number of carboxylic acid groups (broad SMARTS) is 2. The fourth-order valence-corrected chi connectivity index (χ4v) is 3.84. The maximum atomic E-state index is 12.7. The molecule has 2 heterocycles. The van der Waals surface area contributed by atoms with Crippen molar-refractivity contribution in [1.82, 2.24) is 25.3 Å². The van der Waals surface area contributed by atoms with Crippen LogP contribution in [0.1, 0.15) is 40.0 Å². The molecule has 2 aromatic heterocycles. The van der Waals surface area contributed by atoms with E-state index in [-0.39, 0.29) is 30.2 Å². The lowest BCUT2D eigenvalue weighted by Crippen LogP contribution is -2.41. The number of fused-ring (bicyclic) bond motifs is 1. The molecule has 0 unspecified atom stereocenters. The Bertz CT molecular complexity index is 1290. The highest BCUT2D eigenvalue weighted by atomic mass is 16.4. The van der Waals surface area contributed by atoms with Gasteiger partial charge in [0.05, 0.1) is 18.4 Å². The van der Waals surface area contributed by atoms with Crippen LogP contribution in [0.25, 0.3) is 11.2 Å². The van der Waals surface area contributed by atoms with Crippen LogP contribution in [0.4, 0.5) is 17.5 Å². The van der Waals surface area contributed by atoms with Crippen LogP contribution >= 0.6 is 0 Å². The molecule has 13 nitrogen and oxygen atoms in total. The van der Waals surface area contributed by atoms with E-state index in [2.05, 4.69) is 25.3 Å². The normalized spacial score (nSPS) is 11.7. The highest BCUT2D eigenvalue weighted by Gasteiger charge is 2.23. The number of aromatic nitrogens is 4. The summed E-state index contributed by atoms with van der Waals surface area (Å²) in [5.74, 6) is -2.88. The molecular weight excluding hydrogens is 456 g/mol. The monoisotopic (exact) mass is 482 g/mol. The van der Waals surface area contributed by atoms with Gasteiger partial charge in [-0.2, -0.15) is 9.97 Å². The average molecular weight is 483 g/mol. The van der Waals surface area contributed by atoms with E-state index in [1.165, 1.54) is 0 Å². The number of nitrogens with one attached hydrogen (secondary N) is 1. The predicted molar refractivity (Wildman–Crippen MR) is 128 cm³/mol. The number of aliphatic carboxylic acids is 2. The fourth-order valence-electron chi connectivity index (χ4n) is 3.84. The fraction of sp³-hybridized carbons (Fsp3) is 0.318. The molecule has 1 aromatic carbocycles. The molecule has 0 aliphatic heterocycles. The Labute approximate surface area is 200 Å². The van der Waals surface area contributed by atoms with Crippen molar-refractivity contribution in [3.8, 4) is 0 Å². The third-order valence-electron chi connectivity index (χ3n) is 5.29. The van der Waals surface area contributed by atoms with Crippen molar-refractivity contribution in [2.24, 2.45) is 0 Å². The molecule has 1 atom stereocenters. The SMILES string of the molecule is Cc1cc(C(=O)N[C@@H](CCC(=O)O)C(=O)O)cc(C)c1N(C)Cc1cnc2nc(N)nc(N)c2n1. The molecule has 0 aliphatic carbocycles. The second-order valence-electron chi connectivity index (χ2n) is 8.11. The molecule has 0 radical (unpaired) electrons. The number of nitrogens with two attached hydrogens (primary N) is 2. The van der Waals surface area contributed by atoms with E-state index in [1.807, 2.05) is 25.8 Å². The largest absolute Gasteiger partial charge is 0.481 e. The Balaban J connectivity index is 1.80. The highest BCUT2D eigenvalue weighted by Crippen LogP contribution is 2.27. The average Bonchev–Trinajstić information content (AvgIpc) is 2.75. The van der Waals surface area contributed by atoms with E-state index in [0.717, 1.165) is 16.8 Å². The van der Waals surface area contributed by atoms with Crippen LogP contribution < -0.4 is 21.7 Å². The van der Waals surface area contributed by atoms with Gasteiger partial charge in [0.15, 0.2) is 17.0 Å². The third kappa shape index (κ3) is 5.88. The summed E-state index contributed by atoms with van der Waals surface area (Å²) in [4.78, 5) is 53.5. The van der Waals surface area contributed by atoms with Gasteiger partial charge in [-0.3, -0.25) is 9.59 Å². The Morgan fingerprint density at radius 3 is 2.34 bits per heavy atom. The van der Waals surface area contributed by atoms with Crippen molar-refractivity contribution in [3.05, 3.63) is 40.7 Å². The van der Waals surface area contributed by atoms with Gasteiger partial charge in [-0.05, 0) is 43.5 Å². The summed E-state index contributed by atoms with van der Waals surface area (Å²) in [5, 5.41) is 20.5. The number of anilines is 3. The first kappa shape index (κ1) is 25.1. The summed E-state index contributed by atoms with van der Waals surface area (Å²) < 4.78 is 0. The van der Waals surface area contributed by atoms with Gasteiger partial charge in [0.25, 0.3) is 5.91 Å². The number of carbonyl (C=O) groups is 3. The smallest absolute Gasteiger partial charge is 0.326 e. The van der Waals surface area contributed by atoms with Crippen molar-refractivity contribution in [3.63, 3.8) is 0 Å². The number of nitrogen functional groups attached to an aromatic ring is 2. The maximum absolute atomic E-state index is 12.7. The number of hydrogen-bond donors (Lipinski definition) is 5. The standard InChI is InChI=1S/C22H26N8O5/c1-10-6-12(20(33)27-14(21(34)35)4-5-15(31)32)7-11(2)17(10)30(3)9-13-8-25-19-16(26-13)18(23)28-22(24)29-19/h6-8,14H,4-5,9H2,1-3H3,(H,27,33)(H,31,32)(H,34,35)(H4,23,24,25,28,29)/t14-/m0/s1. The number of carboxylic acids is 2. The van der Waals surface area contributed by atoms with Crippen molar-refractivity contribution >= 4 is 46.5 Å². The van der Waals surface area contributed by atoms with Crippen molar-refractivity contribution in [2.75, 3.05) is 23.4 Å². The first-order valence-corrected chi connectivity index (χ1v) is 10.6. The lowest BCUT2D eigenvalue weighted by molar-refractivity contribution is -0.140. The number of aryl methyl sites for hydroxylation is 2. The molecule has 13 heteroatoms.